The third-order valence-corrected chi connectivity index (χ3v) is 2.72. The van der Waals surface area contributed by atoms with Crippen LogP contribution in [0, 0.1) is 5.92 Å². The summed E-state index contributed by atoms with van der Waals surface area (Å²) in [6, 6.07) is 10.5. The van der Waals surface area contributed by atoms with Crippen LogP contribution in [0.5, 0.6) is 0 Å². The second-order valence-corrected chi connectivity index (χ2v) is 3.70. The largest absolute Gasteiger partial charge is 0.373 e. The molecule has 1 saturated heterocycles. The number of hydrogen-bond acceptors (Lipinski definition) is 2. The third-order valence-electron chi connectivity index (χ3n) is 2.72. The SMILES string of the molecule is CCO[C@H](c1ccccc1)C1CNC1.Cl. The van der Waals surface area contributed by atoms with E-state index in [1.807, 2.05) is 6.07 Å². The number of benzene rings is 1. The van der Waals surface area contributed by atoms with Crippen molar-refractivity contribution in [1.29, 1.82) is 0 Å². The zero-order valence-electron chi connectivity index (χ0n) is 8.98. The van der Waals surface area contributed by atoms with E-state index < -0.39 is 0 Å². The molecule has 1 N–H and O–H groups in total. The molecule has 1 aromatic rings. The van der Waals surface area contributed by atoms with Crippen LogP contribution in [0.1, 0.15) is 18.6 Å². The Morgan fingerprint density at radius 2 is 2.00 bits per heavy atom. The highest BCUT2D eigenvalue weighted by molar-refractivity contribution is 5.85. The standard InChI is InChI=1S/C12H17NO.ClH/c1-2-14-12(11-8-13-9-11)10-6-4-3-5-7-10;/h3-7,11-13H,2,8-9H2,1H3;1H/t12-;/m1./s1. The molecule has 0 amide bonds. The molecule has 0 aromatic heterocycles. The molecule has 0 aliphatic carbocycles. The number of ether oxygens (including phenoxy) is 1. The van der Waals surface area contributed by atoms with E-state index in [0.29, 0.717) is 5.92 Å². The molecule has 1 heterocycles. The van der Waals surface area contributed by atoms with Gasteiger partial charge in [0.2, 0.25) is 0 Å². The van der Waals surface area contributed by atoms with E-state index in [1.165, 1.54) is 5.56 Å². The fourth-order valence-corrected chi connectivity index (χ4v) is 1.85. The summed E-state index contributed by atoms with van der Waals surface area (Å²) in [6.45, 7) is 5.01. The number of nitrogens with one attached hydrogen (secondary N) is 1. The third kappa shape index (κ3) is 2.94. The van der Waals surface area contributed by atoms with Crippen LogP contribution in [0.2, 0.25) is 0 Å². The maximum absolute atomic E-state index is 5.79. The van der Waals surface area contributed by atoms with Gasteiger partial charge < -0.3 is 10.1 Å². The Hall–Kier alpha value is -0.570. The Kier molecular flexibility index (Phi) is 5.09. The van der Waals surface area contributed by atoms with Crippen molar-refractivity contribution in [3.63, 3.8) is 0 Å². The first kappa shape index (κ1) is 12.5. The lowest BCUT2D eigenvalue weighted by atomic mass is 9.91. The van der Waals surface area contributed by atoms with E-state index in [9.17, 15) is 0 Å². The summed E-state index contributed by atoms with van der Waals surface area (Å²) < 4.78 is 5.79. The Labute approximate surface area is 97.4 Å². The zero-order valence-corrected chi connectivity index (χ0v) is 9.80. The molecule has 1 fully saturated rings. The fraction of sp³-hybridized carbons (Fsp3) is 0.500. The van der Waals surface area contributed by atoms with E-state index in [2.05, 4.69) is 36.5 Å². The van der Waals surface area contributed by atoms with Crippen molar-refractivity contribution < 1.29 is 4.74 Å². The van der Waals surface area contributed by atoms with Crippen molar-refractivity contribution in [2.24, 2.45) is 5.92 Å². The molecule has 0 saturated carbocycles. The monoisotopic (exact) mass is 227 g/mol. The maximum atomic E-state index is 5.79. The number of rotatable bonds is 4. The molecule has 2 nitrogen and oxygen atoms in total. The Balaban J connectivity index is 0.00000112. The van der Waals surface area contributed by atoms with Crippen LogP contribution >= 0.6 is 12.4 Å². The first-order valence-corrected chi connectivity index (χ1v) is 5.29. The lowest BCUT2D eigenvalue weighted by molar-refractivity contribution is 0.000435. The highest BCUT2D eigenvalue weighted by Crippen LogP contribution is 2.28. The molecule has 3 heteroatoms. The molecule has 0 radical (unpaired) electrons. The topological polar surface area (TPSA) is 21.3 Å². The molecule has 2 rings (SSSR count). The summed E-state index contributed by atoms with van der Waals surface area (Å²) in [5.74, 6) is 0.650. The maximum Gasteiger partial charge on any atom is 0.0877 e. The highest BCUT2D eigenvalue weighted by Gasteiger charge is 2.28. The van der Waals surface area contributed by atoms with Gasteiger partial charge in [-0.15, -0.1) is 12.4 Å². The summed E-state index contributed by atoms with van der Waals surface area (Å²) in [7, 11) is 0. The van der Waals surface area contributed by atoms with Crippen molar-refractivity contribution >= 4 is 12.4 Å². The highest BCUT2D eigenvalue weighted by atomic mass is 35.5. The molecule has 1 atom stereocenters. The van der Waals surface area contributed by atoms with Gasteiger partial charge in [0.1, 0.15) is 0 Å². The summed E-state index contributed by atoms with van der Waals surface area (Å²) in [4.78, 5) is 0. The van der Waals surface area contributed by atoms with E-state index in [0.717, 1.165) is 19.7 Å². The Morgan fingerprint density at radius 1 is 1.33 bits per heavy atom. The molecular formula is C12H18ClNO. The van der Waals surface area contributed by atoms with Gasteiger partial charge in [-0.2, -0.15) is 0 Å². The van der Waals surface area contributed by atoms with Crippen LogP contribution in [0.25, 0.3) is 0 Å². The van der Waals surface area contributed by atoms with Crippen LogP contribution in [-0.2, 0) is 4.74 Å². The van der Waals surface area contributed by atoms with Gasteiger partial charge >= 0.3 is 0 Å². The predicted molar refractivity (Wildman–Crippen MR) is 64.4 cm³/mol. The summed E-state index contributed by atoms with van der Waals surface area (Å²) in [5, 5.41) is 3.29. The van der Waals surface area contributed by atoms with Gasteiger partial charge in [0.15, 0.2) is 0 Å². The van der Waals surface area contributed by atoms with Gasteiger partial charge in [0.25, 0.3) is 0 Å². The van der Waals surface area contributed by atoms with Crippen molar-refractivity contribution in [2.75, 3.05) is 19.7 Å². The van der Waals surface area contributed by atoms with Crippen LogP contribution < -0.4 is 5.32 Å². The average Bonchev–Trinajstić information content (AvgIpc) is 2.16. The molecular weight excluding hydrogens is 210 g/mol. The van der Waals surface area contributed by atoms with E-state index >= 15 is 0 Å². The van der Waals surface area contributed by atoms with Crippen molar-refractivity contribution in [2.45, 2.75) is 13.0 Å². The van der Waals surface area contributed by atoms with Gasteiger partial charge in [-0.05, 0) is 12.5 Å². The smallest absolute Gasteiger partial charge is 0.0877 e. The van der Waals surface area contributed by atoms with E-state index in [-0.39, 0.29) is 18.5 Å². The first-order chi connectivity index (χ1) is 6.92. The molecule has 0 unspecified atom stereocenters. The lowest BCUT2D eigenvalue weighted by Gasteiger charge is -2.34. The molecule has 1 aromatic carbocycles. The van der Waals surface area contributed by atoms with Crippen LogP contribution in [-0.4, -0.2) is 19.7 Å². The van der Waals surface area contributed by atoms with Gasteiger partial charge in [0.05, 0.1) is 6.10 Å². The van der Waals surface area contributed by atoms with Crippen LogP contribution in [0.4, 0.5) is 0 Å². The molecule has 1 aliphatic heterocycles. The molecule has 15 heavy (non-hydrogen) atoms. The van der Waals surface area contributed by atoms with Gasteiger partial charge in [-0.1, -0.05) is 30.3 Å². The van der Waals surface area contributed by atoms with E-state index in [1.54, 1.807) is 0 Å². The summed E-state index contributed by atoms with van der Waals surface area (Å²) >= 11 is 0. The molecule has 0 spiro atoms. The van der Waals surface area contributed by atoms with Crippen molar-refractivity contribution in [1.82, 2.24) is 5.32 Å². The fourth-order valence-electron chi connectivity index (χ4n) is 1.85. The zero-order chi connectivity index (χ0) is 9.80. The minimum atomic E-state index is 0. The molecule has 0 bridgehead atoms. The van der Waals surface area contributed by atoms with Gasteiger partial charge in [0, 0.05) is 25.6 Å². The predicted octanol–water partition coefficient (Wildman–Crippen LogP) is 2.41. The van der Waals surface area contributed by atoms with Crippen LogP contribution in [0.15, 0.2) is 30.3 Å². The second kappa shape index (κ2) is 6.11. The second-order valence-electron chi connectivity index (χ2n) is 3.70. The minimum Gasteiger partial charge on any atom is -0.373 e. The van der Waals surface area contributed by atoms with Crippen LogP contribution in [0.3, 0.4) is 0 Å². The number of halogens is 1. The molecule has 84 valence electrons. The first-order valence-electron chi connectivity index (χ1n) is 5.29. The van der Waals surface area contributed by atoms with Gasteiger partial charge in [-0.25, -0.2) is 0 Å². The number of hydrogen-bond donors (Lipinski definition) is 1. The normalized spacial score (nSPS) is 17.7. The van der Waals surface area contributed by atoms with E-state index in [4.69, 9.17) is 4.74 Å². The van der Waals surface area contributed by atoms with Crippen molar-refractivity contribution in [3.8, 4) is 0 Å². The quantitative estimate of drug-likeness (QED) is 0.853. The summed E-state index contributed by atoms with van der Waals surface area (Å²) in [5.41, 5.74) is 1.31. The van der Waals surface area contributed by atoms with Gasteiger partial charge in [-0.3, -0.25) is 0 Å². The average molecular weight is 228 g/mol. The Bertz CT molecular complexity index is 274. The lowest BCUT2D eigenvalue weighted by Crippen LogP contribution is -2.45. The summed E-state index contributed by atoms with van der Waals surface area (Å²) in [6.07, 6.45) is 0.280. The Morgan fingerprint density at radius 3 is 2.47 bits per heavy atom. The van der Waals surface area contributed by atoms with Crippen molar-refractivity contribution in [3.05, 3.63) is 35.9 Å². The minimum absolute atomic E-state index is 0. The molecule has 1 aliphatic rings.